The molecule has 0 heterocycles. The van der Waals surface area contributed by atoms with Crippen LogP contribution in [0.4, 0.5) is 0 Å². The molecule has 0 saturated heterocycles. The highest BCUT2D eigenvalue weighted by atomic mass is 35.5. The number of hydrogen-bond donors (Lipinski definition) is 1. The van der Waals surface area contributed by atoms with Gasteiger partial charge >= 0.3 is 0 Å². The second-order valence-electron chi connectivity index (χ2n) is 6.21. The van der Waals surface area contributed by atoms with E-state index in [0.717, 1.165) is 18.4 Å². The number of ether oxygens (including phenoxy) is 1. The van der Waals surface area contributed by atoms with Crippen LogP contribution in [0.1, 0.15) is 37.7 Å². The summed E-state index contributed by atoms with van der Waals surface area (Å²) >= 11 is 0. The van der Waals surface area contributed by atoms with Crippen LogP contribution in [0, 0.1) is 5.92 Å². The molecule has 2 unspecified atom stereocenters. The van der Waals surface area contributed by atoms with Crippen molar-refractivity contribution in [2.24, 2.45) is 11.7 Å². The van der Waals surface area contributed by atoms with E-state index in [-0.39, 0.29) is 24.4 Å². The lowest BCUT2D eigenvalue weighted by molar-refractivity contribution is -0.133. The minimum Gasteiger partial charge on any atom is -0.383 e. The molecule has 1 fully saturated rings. The quantitative estimate of drug-likeness (QED) is 0.830. The number of methoxy groups -OCH3 is 1. The SMILES string of the molecule is COCCN(Cc1ccccc1)C(=O)CC1CCCCC1N.Cl. The van der Waals surface area contributed by atoms with Gasteiger partial charge in [-0.2, -0.15) is 0 Å². The van der Waals surface area contributed by atoms with Crippen molar-refractivity contribution < 1.29 is 9.53 Å². The molecule has 5 heteroatoms. The van der Waals surface area contributed by atoms with Gasteiger partial charge in [-0.15, -0.1) is 12.4 Å². The van der Waals surface area contributed by atoms with Gasteiger partial charge in [-0.1, -0.05) is 43.2 Å². The minimum atomic E-state index is 0. The van der Waals surface area contributed by atoms with E-state index in [1.165, 1.54) is 12.8 Å². The van der Waals surface area contributed by atoms with E-state index in [9.17, 15) is 4.79 Å². The summed E-state index contributed by atoms with van der Waals surface area (Å²) in [5, 5.41) is 0. The molecular weight excluding hydrogens is 312 g/mol. The van der Waals surface area contributed by atoms with Crippen LogP contribution in [-0.2, 0) is 16.1 Å². The van der Waals surface area contributed by atoms with Gasteiger partial charge < -0.3 is 15.4 Å². The molecule has 2 atom stereocenters. The summed E-state index contributed by atoms with van der Waals surface area (Å²) in [6.45, 7) is 1.84. The summed E-state index contributed by atoms with van der Waals surface area (Å²) in [4.78, 5) is 14.6. The van der Waals surface area contributed by atoms with Gasteiger partial charge in [0.15, 0.2) is 0 Å². The Balaban J connectivity index is 0.00000264. The first-order chi connectivity index (χ1) is 10.7. The van der Waals surface area contributed by atoms with E-state index in [1.807, 2.05) is 23.1 Å². The highest BCUT2D eigenvalue weighted by molar-refractivity contribution is 5.85. The number of nitrogens with two attached hydrogens (primary N) is 1. The normalized spacial score (nSPS) is 20.6. The molecule has 23 heavy (non-hydrogen) atoms. The van der Waals surface area contributed by atoms with Gasteiger partial charge in [-0.05, 0) is 24.3 Å². The highest BCUT2D eigenvalue weighted by Crippen LogP contribution is 2.26. The molecule has 1 aliphatic rings. The first kappa shape index (κ1) is 19.9. The number of nitrogens with zero attached hydrogens (tertiary/aromatic N) is 1. The van der Waals surface area contributed by atoms with E-state index in [4.69, 9.17) is 10.5 Å². The number of amides is 1. The lowest BCUT2D eigenvalue weighted by Crippen LogP contribution is -2.39. The van der Waals surface area contributed by atoms with Crippen LogP contribution >= 0.6 is 12.4 Å². The van der Waals surface area contributed by atoms with E-state index in [2.05, 4.69) is 12.1 Å². The van der Waals surface area contributed by atoms with Gasteiger partial charge in [0, 0.05) is 32.7 Å². The Morgan fingerprint density at radius 2 is 1.96 bits per heavy atom. The lowest BCUT2D eigenvalue weighted by atomic mass is 9.82. The Kier molecular flexibility index (Phi) is 9.22. The van der Waals surface area contributed by atoms with E-state index in [0.29, 0.717) is 32.0 Å². The second kappa shape index (κ2) is 10.6. The molecule has 1 aromatic carbocycles. The molecule has 0 aromatic heterocycles. The van der Waals surface area contributed by atoms with Gasteiger partial charge in [0.1, 0.15) is 0 Å². The first-order valence-electron chi connectivity index (χ1n) is 8.27. The molecule has 2 rings (SSSR count). The zero-order valence-corrected chi connectivity index (χ0v) is 14.8. The Bertz CT molecular complexity index is 456. The third kappa shape index (κ3) is 6.50. The molecule has 2 N–H and O–H groups in total. The van der Waals surface area contributed by atoms with Crippen LogP contribution in [0.5, 0.6) is 0 Å². The maximum absolute atomic E-state index is 12.7. The van der Waals surface area contributed by atoms with E-state index >= 15 is 0 Å². The van der Waals surface area contributed by atoms with Gasteiger partial charge in [0.25, 0.3) is 0 Å². The Morgan fingerprint density at radius 1 is 1.26 bits per heavy atom. The summed E-state index contributed by atoms with van der Waals surface area (Å²) in [6, 6.07) is 10.3. The van der Waals surface area contributed by atoms with Gasteiger partial charge in [0.05, 0.1) is 6.61 Å². The number of carbonyl (C=O) groups excluding carboxylic acids is 1. The number of carbonyl (C=O) groups is 1. The summed E-state index contributed by atoms with van der Waals surface area (Å²) < 4.78 is 5.15. The first-order valence-corrected chi connectivity index (χ1v) is 8.27. The van der Waals surface area contributed by atoms with Crippen molar-refractivity contribution >= 4 is 18.3 Å². The topological polar surface area (TPSA) is 55.6 Å². The fourth-order valence-electron chi connectivity index (χ4n) is 3.14. The van der Waals surface area contributed by atoms with Crippen LogP contribution in [0.2, 0.25) is 0 Å². The molecule has 0 spiro atoms. The summed E-state index contributed by atoms with van der Waals surface area (Å²) in [7, 11) is 1.67. The molecule has 1 amide bonds. The third-order valence-electron chi connectivity index (χ3n) is 4.54. The zero-order chi connectivity index (χ0) is 15.8. The largest absolute Gasteiger partial charge is 0.383 e. The van der Waals surface area contributed by atoms with Crippen molar-refractivity contribution in [1.82, 2.24) is 4.90 Å². The van der Waals surface area contributed by atoms with Crippen molar-refractivity contribution in [3.63, 3.8) is 0 Å². The molecule has 0 bridgehead atoms. The second-order valence-corrected chi connectivity index (χ2v) is 6.21. The number of hydrogen-bond acceptors (Lipinski definition) is 3. The van der Waals surface area contributed by atoms with Crippen molar-refractivity contribution in [3.8, 4) is 0 Å². The van der Waals surface area contributed by atoms with Crippen molar-refractivity contribution in [3.05, 3.63) is 35.9 Å². The average molecular weight is 341 g/mol. The fraction of sp³-hybridized carbons (Fsp3) is 0.611. The minimum absolute atomic E-state index is 0. The van der Waals surface area contributed by atoms with Crippen molar-refractivity contribution in [2.75, 3.05) is 20.3 Å². The third-order valence-corrected chi connectivity index (χ3v) is 4.54. The van der Waals surface area contributed by atoms with Crippen LogP contribution in [0.3, 0.4) is 0 Å². The van der Waals surface area contributed by atoms with E-state index < -0.39 is 0 Å². The molecule has 1 aliphatic carbocycles. The van der Waals surface area contributed by atoms with Crippen LogP contribution in [0.25, 0.3) is 0 Å². The number of benzene rings is 1. The van der Waals surface area contributed by atoms with Crippen molar-refractivity contribution in [1.29, 1.82) is 0 Å². The molecule has 130 valence electrons. The van der Waals surface area contributed by atoms with Gasteiger partial charge in [0.2, 0.25) is 5.91 Å². The van der Waals surface area contributed by atoms with Crippen LogP contribution in [-0.4, -0.2) is 37.1 Å². The highest BCUT2D eigenvalue weighted by Gasteiger charge is 2.26. The zero-order valence-electron chi connectivity index (χ0n) is 13.9. The smallest absolute Gasteiger partial charge is 0.223 e. The Morgan fingerprint density at radius 3 is 2.61 bits per heavy atom. The Hall–Kier alpha value is -1.10. The summed E-state index contributed by atoms with van der Waals surface area (Å²) in [6.07, 6.45) is 5.09. The van der Waals surface area contributed by atoms with Crippen LogP contribution < -0.4 is 5.73 Å². The predicted octanol–water partition coefficient (Wildman–Crippen LogP) is 2.99. The standard InChI is InChI=1S/C18H28N2O2.ClH/c1-22-12-11-20(14-15-7-3-2-4-8-15)18(21)13-16-9-5-6-10-17(16)19;/h2-4,7-8,16-17H,5-6,9-14,19H2,1H3;1H. The molecular formula is C18H29ClN2O2. The summed E-state index contributed by atoms with van der Waals surface area (Å²) in [5.74, 6) is 0.533. The molecule has 0 aliphatic heterocycles. The predicted molar refractivity (Wildman–Crippen MR) is 95.5 cm³/mol. The van der Waals surface area contributed by atoms with Crippen LogP contribution in [0.15, 0.2) is 30.3 Å². The molecule has 1 aromatic rings. The number of rotatable bonds is 7. The maximum atomic E-state index is 12.7. The summed E-state index contributed by atoms with van der Waals surface area (Å²) in [5.41, 5.74) is 7.34. The number of halogens is 1. The lowest BCUT2D eigenvalue weighted by Gasteiger charge is -2.30. The van der Waals surface area contributed by atoms with Crippen molar-refractivity contribution in [2.45, 2.75) is 44.7 Å². The molecule has 1 saturated carbocycles. The Labute approximate surface area is 145 Å². The fourth-order valence-corrected chi connectivity index (χ4v) is 3.14. The molecule has 0 radical (unpaired) electrons. The maximum Gasteiger partial charge on any atom is 0.223 e. The van der Waals surface area contributed by atoms with Gasteiger partial charge in [-0.3, -0.25) is 4.79 Å². The van der Waals surface area contributed by atoms with E-state index in [1.54, 1.807) is 7.11 Å². The monoisotopic (exact) mass is 340 g/mol. The van der Waals surface area contributed by atoms with Gasteiger partial charge in [-0.25, -0.2) is 0 Å². The molecule has 4 nitrogen and oxygen atoms in total. The average Bonchev–Trinajstić information content (AvgIpc) is 2.54.